The smallest absolute Gasteiger partial charge is 0.144 e. The third-order valence-electron chi connectivity index (χ3n) is 25.8. The Morgan fingerprint density at radius 1 is 0.282 bits per heavy atom. The quantitative estimate of drug-likeness (QED) is 0.0394. The van der Waals surface area contributed by atoms with Crippen molar-refractivity contribution in [1.82, 2.24) is 0 Å². The molecule has 12 aromatic rings. The predicted octanol–water partition coefficient (Wildman–Crippen LogP) is 30.8. The number of rotatable bonds is 32. The average molecular weight is 1360 g/mol. The van der Waals surface area contributed by atoms with Crippen molar-refractivity contribution in [1.29, 1.82) is 0 Å². The van der Waals surface area contributed by atoms with Crippen LogP contribution in [0.2, 0.25) is 0 Å². The summed E-state index contributed by atoms with van der Waals surface area (Å²) >= 11 is 0. The molecule has 103 heavy (non-hydrogen) atoms. The molecule has 0 saturated heterocycles. The summed E-state index contributed by atoms with van der Waals surface area (Å²) in [7, 11) is 0. The van der Waals surface area contributed by atoms with Gasteiger partial charge >= 0.3 is 0 Å². The maximum Gasteiger partial charge on any atom is 0.144 e. The third kappa shape index (κ3) is 11.8. The first-order chi connectivity index (χ1) is 50.5. The Morgan fingerprint density at radius 3 is 1.33 bits per heavy atom. The Morgan fingerprint density at radius 2 is 0.718 bits per heavy atom. The molecule has 10 aromatic carbocycles. The number of unbranched alkanes of at least 4 members (excludes halogenated alkanes) is 20. The lowest BCUT2D eigenvalue weighted by Gasteiger charge is -2.35. The molecule has 2 heterocycles. The van der Waals surface area contributed by atoms with Crippen molar-refractivity contribution in [3.05, 3.63) is 233 Å². The Labute approximate surface area is 615 Å². The molecule has 3 heteroatoms. The Kier molecular flexibility index (Phi) is 19.4. The highest BCUT2D eigenvalue weighted by molar-refractivity contribution is 6.21. The maximum atomic E-state index is 7.25. The van der Waals surface area contributed by atoms with Gasteiger partial charge in [0.1, 0.15) is 22.3 Å². The number of anilines is 3. The van der Waals surface area contributed by atoms with Crippen LogP contribution in [0.15, 0.2) is 197 Å². The molecule has 3 nitrogen and oxygen atoms in total. The highest BCUT2D eigenvalue weighted by Gasteiger charge is 2.51. The Balaban J connectivity index is 0.907. The Hall–Kier alpha value is -8.40. The molecule has 0 amide bonds. The van der Waals surface area contributed by atoms with E-state index in [0.29, 0.717) is 0 Å². The van der Waals surface area contributed by atoms with Gasteiger partial charge in [0.05, 0.1) is 0 Å². The summed E-state index contributed by atoms with van der Waals surface area (Å²) in [5.74, 6) is 0. The molecule has 2 aromatic heterocycles. The first kappa shape index (κ1) is 69.0. The van der Waals surface area contributed by atoms with Gasteiger partial charge in [0.2, 0.25) is 0 Å². The van der Waals surface area contributed by atoms with Crippen molar-refractivity contribution in [3.63, 3.8) is 0 Å². The second kappa shape index (κ2) is 28.9. The first-order valence-electron chi connectivity index (χ1n) is 41.0. The van der Waals surface area contributed by atoms with Crippen molar-refractivity contribution in [2.75, 3.05) is 4.90 Å². The summed E-state index contributed by atoms with van der Waals surface area (Å²) in [6.07, 6.45) is 35.5. The van der Waals surface area contributed by atoms with Gasteiger partial charge in [-0.25, -0.2) is 0 Å². The van der Waals surface area contributed by atoms with Crippen LogP contribution < -0.4 is 4.90 Å². The number of furan rings is 2. The number of fused-ring (bicyclic) bond motifs is 22. The monoisotopic (exact) mass is 1360 g/mol. The van der Waals surface area contributed by atoms with E-state index >= 15 is 0 Å². The number of hydrogen-bond donors (Lipinski definition) is 0. The van der Waals surface area contributed by atoms with E-state index in [0.717, 1.165) is 35.2 Å². The van der Waals surface area contributed by atoms with Gasteiger partial charge < -0.3 is 13.7 Å². The van der Waals surface area contributed by atoms with Gasteiger partial charge in [0.25, 0.3) is 0 Å². The molecule has 528 valence electrons. The zero-order valence-corrected chi connectivity index (χ0v) is 63.5. The molecule has 0 radical (unpaired) electrons. The van der Waals surface area contributed by atoms with Gasteiger partial charge in [-0.1, -0.05) is 331 Å². The van der Waals surface area contributed by atoms with Crippen molar-refractivity contribution >= 4 is 60.9 Å². The topological polar surface area (TPSA) is 29.5 Å². The summed E-state index contributed by atoms with van der Waals surface area (Å²) in [6, 6.07) is 73.5. The maximum absolute atomic E-state index is 7.25. The molecule has 16 rings (SSSR count). The summed E-state index contributed by atoms with van der Waals surface area (Å²) < 4.78 is 14.2. The van der Waals surface area contributed by atoms with E-state index in [9.17, 15) is 0 Å². The van der Waals surface area contributed by atoms with Crippen molar-refractivity contribution in [2.24, 2.45) is 0 Å². The normalized spacial score (nSPS) is 15.0. The molecule has 0 bridgehead atoms. The fourth-order valence-electron chi connectivity index (χ4n) is 20.6. The summed E-state index contributed by atoms with van der Waals surface area (Å²) in [4.78, 5) is 2.64. The van der Waals surface area contributed by atoms with Crippen LogP contribution in [0, 0.1) is 0 Å². The minimum Gasteiger partial charge on any atom is -0.456 e. The summed E-state index contributed by atoms with van der Waals surface area (Å²) in [5, 5.41) is 5.02. The molecule has 4 aliphatic carbocycles. The SMILES string of the molecule is CCCCCCCCC1(CCCCCCCC)c2cc(N(c3ccc(-c4ccccc4)cc3)c3ccc4c(c3)C(C)(C)c3c5c(c6c(oc7ccccc76)c3-4)-c3ccccc3C5(C)C)ccc2-c2cc3c(cc21)-c1c(ccc2oc4ccccc4c12)C3(CCCCCCCC)CCCCCCCC. The van der Waals surface area contributed by atoms with Gasteiger partial charge in [0, 0.05) is 65.8 Å². The molecule has 0 spiro atoms. The second-order valence-electron chi connectivity index (χ2n) is 32.9. The molecular weight excluding hydrogens is 1250 g/mol. The van der Waals surface area contributed by atoms with E-state index in [1.54, 1.807) is 22.3 Å². The molecule has 0 saturated carbocycles. The van der Waals surface area contributed by atoms with E-state index in [1.165, 1.54) is 283 Å². The lowest BCUT2D eigenvalue weighted by Crippen LogP contribution is -2.27. The number of benzene rings is 10. The first-order valence-corrected chi connectivity index (χ1v) is 41.0. The molecule has 0 fully saturated rings. The van der Waals surface area contributed by atoms with E-state index in [1.807, 2.05) is 0 Å². The van der Waals surface area contributed by atoms with Crippen LogP contribution in [0.1, 0.15) is 280 Å². The Bertz CT molecular complexity index is 5030. The molecule has 0 atom stereocenters. The van der Waals surface area contributed by atoms with Gasteiger partial charge in [-0.2, -0.15) is 0 Å². The van der Waals surface area contributed by atoms with Gasteiger partial charge in [-0.3, -0.25) is 0 Å². The van der Waals surface area contributed by atoms with E-state index in [-0.39, 0.29) is 21.7 Å². The van der Waals surface area contributed by atoms with Crippen molar-refractivity contribution in [3.8, 4) is 55.6 Å². The lowest BCUT2D eigenvalue weighted by atomic mass is 9.68. The van der Waals surface area contributed by atoms with Gasteiger partial charge in [-0.05, 0) is 187 Å². The zero-order chi connectivity index (χ0) is 70.5. The van der Waals surface area contributed by atoms with Crippen molar-refractivity contribution < 1.29 is 8.83 Å². The second-order valence-corrected chi connectivity index (χ2v) is 32.9. The third-order valence-corrected chi connectivity index (χ3v) is 25.8. The number of hydrogen-bond acceptors (Lipinski definition) is 3. The predicted molar refractivity (Wildman–Crippen MR) is 441 cm³/mol. The van der Waals surface area contributed by atoms with Crippen molar-refractivity contribution in [2.45, 2.75) is 257 Å². The van der Waals surface area contributed by atoms with E-state index in [2.05, 4.69) is 248 Å². The standard InChI is InChI=1S/C100H111NO2/c1-9-13-17-21-25-38-60-99(61-39-26-22-18-14-10-2)81-58-59-88-90(76-45-33-36-48-86(76)102-88)89(81)79-67-84-78(66-85(79)99)73-56-54-72(65-83(73)100(84,62-40-27-23-19-15-11-3)63-41-28-24-20-16-12-4)101(70-52-50-69(51-53-70)68-42-30-29-31-43-68)71-55-57-75-82(64-71)98(7,8)95-93(75)96-92(77-46-34-37-49-87(77)103-96)91-74-44-32-35-47-80(74)97(5,6)94(91)95/h29-37,42-59,64-67H,9-28,38-41,60-63H2,1-8H3. The zero-order valence-electron chi connectivity index (χ0n) is 63.5. The van der Waals surface area contributed by atoms with Crippen LogP contribution in [0.3, 0.4) is 0 Å². The number of para-hydroxylation sites is 2. The highest BCUT2D eigenvalue weighted by atomic mass is 16.3. The van der Waals surface area contributed by atoms with Crippen LogP contribution >= 0.6 is 0 Å². The average Bonchev–Trinajstić information content (AvgIpc) is 1.51. The van der Waals surface area contributed by atoms with E-state index in [4.69, 9.17) is 8.83 Å². The molecular formula is C100H111NO2. The minimum absolute atomic E-state index is 0.106. The van der Waals surface area contributed by atoms with Gasteiger partial charge in [0.15, 0.2) is 0 Å². The lowest BCUT2D eigenvalue weighted by molar-refractivity contribution is 0.394. The highest BCUT2D eigenvalue weighted by Crippen LogP contribution is 2.66. The van der Waals surface area contributed by atoms with Crippen LogP contribution in [-0.2, 0) is 21.7 Å². The summed E-state index contributed by atoms with van der Waals surface area (Å²) in [6.45, 7) is 19.4. The fraction of sp³-hybridized carbons (Fsp3) is 0.400. The minimum atomic E-state index is -0.365. The van der Waals surface area contributed by atoms with Gasteiger partial charge in [-0.15, -0.1) is 0 Å². The van der Waals surface area contributed by atoms with Crippen LogP contribution in [-0.4, -0.2) is 0 Å². The number of nitrogens with zero attached hydrogens (tertiary/aromatic N) is 1. The molecule has 0 unspecified atom stereocenters. The molecule has 0 aliphatic heterocycles. The summed E-state index contributed by atoms with van der Waals surface area (Å²) in [5.41, 5.74) is 32.1. The van der Waals surface area contributed by atoms with E-state index < -0.39 is 0 Å². The molecule has 4 aliphatic rings. The largest absolute Gasteiger partial charge is 0.456 e. The molecule has 0 N–H and O–H groups in total. The van der Waals surface area contributed by atoms with Crippen LogP contribution in [0.4, 0.5) is 17.1 Å². The fourth-order valence-corrected chi connectivity index (χ4v) is 20.6. The van der Waals surface area contributed by atoms with Crippen LogP contribution in [0.5, 0.6) is 0 Å². The van der Waals surface area contributed by atoms with Crippen LogP contribution in [0.25, 0.3) is 99.5 Å².